The van der Waals surface area contributed by atoms with Crippen LogP contribution in [0, 0.1) is 13.8 Å². The summed E-state index contributed by atoms with van der Waals surface area (Å²) in [6.45, 7) is 4.47. The molecule has 1 N–H and O–H groups in total. The number of carbonyl (C=O) groups excluding carboxylic acids is 1. The van der Waals surface area contributed by atoms with Crippen molar-refractivity contribution in [3.8, 4) is 17.1 Å². The van der Waals surface area contributed by atoms with Crippen LogP contribution in [0.15, 0.2) is 70.7 Å². The molecule has 0 saturated carbocycles. The molecule has 0 saturated heterocycles. The number of nitrogens with zero attached hydrogens (tertiary/aromatic N) is 4. The lowest BCUT2D eigenvalue weighted by Crippen LogP contribution is -2.24. The summed E-state index contributed by atoms with van der Waals surface area (Å²) in [5.74, 6) is 1.52. The first kappa shape index (κ1) is 19.9. The summed E-state index contributed by atoms with van der Waals surface area (Å²) in [7, 11) is 0. The second-order valence-corrected chi connectivity index (χ2v) is 7.82. The zero-order valence-electron chi connectivity index (χ0n) is 16.7. The molecule has 7 nitrogen and oxygen atoms in total. The Kier molecular flexibility index (Phi) is 5.94. The highest BCUT2D eigenvalue weighted by atomic mass is 32.2. The van der Waals surface area contributed by atoms with Crippen LogP contribution in [0.1, 0.15) is 16.9 Å². The average Bonchev–Trinajstić information content (AvgIpc) is 3.40. The summed E-state index contributed by atoms with van der Waals surface area (Å²) in [6.07, 6.45) is 5.07. The molecule has 152 valence electrons. The van der Waals surface area contributed by atoms with Crippen molar-refractivity contribution < 1.29 is 9.21 Å². The number of amides is 1. The van der Waals surface area contributed by atoms with Gasteiger partial charge in [-0.25, -0.2) is 0 Å². The maximum atomic E-state index is 12.3. The lowest BCUT2D eigenvalue weighted by Gasteiger charge is -2.12. The molecule has 0 bridgehead atoms. The molecule has 0 atom stereocenters. The number of pyridine rings is 1. The van der Waals surface area contributed by atoms with Gasteiger partial charge in [0.15, 0.2) is 11.0 Å². The van der Waals surface area contributed by atoms with Crippen LogP contribution in [-0.2, 0) is 11.3 Å². The topological polar surface area (TPSA) is 85.8 Å². The van der Waals surface area contributed by atoms with Crippen molar-refractivity contribution in [1.29, 1.82) is 0 Å². The highest BCUT2D eigenvalue weighted by molar-refractivity contribution is 7.99. The number of aryl methyl sites for hydroxylation is 2. The van der Waals surface area contributed by atoms with E-state index in [0.717, 1.165) is 22.4 Å². The predicted octanol–water partition coefficient (Wildman–Crippen LogP) is 3.95. The van der Waals surface area contributed by atoms with Crippen LogP contribution >= 0.6 is 11.8 Å². The van der Waals surface area contributed by atoms with Gasteiger partial charge in [0, 0.05) is 18.0 Å². The Morgan fingerprint density at radius 2 is 1.97 bits per heavy atom. The summed E-state index contributed by atoms with van der Waals surface area (Å²) >= 11 is 1.34. The Morgan fingerprint density at radius 3 is 2.67 bits per heavy atom. The normalized spacial score (nSPS) is 10.9. The molecule has 30 heavy (non-hydrogen) atoms. The van der Waals surface area contributed by atoms with Gasteiger partial charge in [-0.15, -0.1) is 10.2 Å². The fourth-order valence-corrected chi connectivity index (χ4v) is 3.92. The molecule has 1 amide bonds. The van der Waals surface area contributed by atoms with Crippen LogP contribution in [0.25, 0.3) is 17.1 Å². The molecule has 0 aliphatic rings. The van der Waals surface area contributed by atoms with E-state index in [1.165, 1.54) is 11.8 Å². The average molecular weight is 420 g/mol. The third-order valence-corrected chi connectivity index (χ3v) is 5.32. The zero-order chi connectivity index (χ0) is 20.9. The number of rotatable bonds is 7. The van der Waals surface area contributed by atoms with Crippen molar-refractivity contribution in [2.45, 2.75) is 25.5 Å². The standard InChI is InChI=1S/C22H21N5O2S/c1-15-9-16(2)11-18(10-15)27-21(17-5-3-7-23-12-17)25-26-22(27)30-14-20(28)24-13-19-6-4-8-29-19/h3-12H,13-14H2,1-2H3,(H,24,28). The molecule has 3 heterocycles. The van der Waals surface area contributed by atoms with E-state index in [0.29, 0.717) is 23.3 Å². The zero-order valence-corrected chi connectivity index (χ0v) is 17.5. The number of furan rings is 1. The summed E-state index contributed by atoms with van der Waals surface area (Å²) in [5.41, 5.74) is 4.10. The number of aromatic nitrogens is 4. The molecular formula is C22H21N5O2S. The first-order valence-corrected chi connectivity index (χ1v) is 10.4. The van der Waals surface area contributed by atoms with E-state index in [1.807, 2.05) is 22.8 Å². The minimum atomic E-state index is -0.102. The fraction of sp³-hybridized carbons (Fsp3) is 0.182. The van der Waals surface area contributed by atoms with Crippen LogP contribution in [-0.4, -0.2) is 31.4 Å². The second-order valence-electron chi connectivity index (χ2n) is 6.87. The van der Waals surface area contributed by atoms with Crippen LogP contribution in [0.5, 0.6) is 0 Å². The van der Waals surface area contributed by atoms with Gasteiger partial charge in [-0.3, -0.25) is 14.3 Å². The molecule has 0 radical (unpaired) electrons. The third kappa shape index (κ3) is 4.60. The van der Waals surface area contributed by atoms with Crippen molar-refractivity contribution in [3.63, 3.8) is 0 Å². The van der Waals surface area contributed by atoms with Crippen LogP contribution in [0.4, 0.5) is 0 Å². The molecule has 0 spiro atoms. The number of hydrogen-bond donors (Lipinski definition) is 1. The molecular weight excluding hydrogens is 398 g/mol. The van der Waals surface area contributed by atoms with Gasteiger partial charge in [0.1, 0.15) is 5.76 Å². The van der Waals surface area contributed by atoms with Gasteiger partial charge < -0.3 is 9.73 Å². The van der Waals surface area contributed by atoms with Gasteiger partial charge in [0.2, 0.25) is 5.91 Å². The van der Waals surface area contributed by atoms with Crippen molar-refractivity contribution in [2.75, 3.05) is 5.75 Å². The van der Waals surface area contributed by atoms with E-state index in [4.69, 9.17) is 4.42 Å². The fourth-order valence-electron chi connectivity index (χ4n) is 3.14. The van der Waals surface area contributed by atoms with E-state index >= 15 is 0 Å². The Labute approximate surface area is 178 Å². The van der Waals surface area contributed by atoms with Gasteiger partial charge in [-0.1, -0.05) is 17.8 Å². The van der Waals surface area contributed by atoms with E-state index in [-0.39, 0.29) is 11.7 Å². The Morgan fingerprint density at radius 1 is 1.13 bits per heavy atom. The molecule has 0 unspecified atom stereocenters. The van der Waals surface area contributed by atoms with E-state index in [1.54, 1.807) is 24.7 Å². The van der Waals surface area contributed by atoms with Crippen LogP contribution in [0.3, 0.4) is 0 Å². The number of nitrogens with one attached hydrogen (secondary N) is 1. The molecule has 0 fully saturated rings. The monoisotopic (exact) mass is 419 g/mol. The first-order valence-electron chi connectivity index (χ1n) is 9.46. The number of hydrogen-bond acceptors (Lipinski definition) is 6. The minimum absolute atomic E-state index is 0.102. The molecule has 4 aromatic rings. The third-order valence-electron chi connectivity index (χ3n) is 4.39. The summed E-state index contributed by atoms with van der Waals surface area (Å²) in [4.78, 5) is 16.5. The molecule has 3 aromatic heterocycles. The minimum Gasteiger partial charge on any atom is -0.467 e. The lowest BCUT2D eigenvalue weighted by atomic mass is 10.1. The highest BCUT2D eigenvalue weighted by Gasteiger charge is 2.18. The Bertz CT molecular complexity index is 1120. The van der Waals surface area contributed by atoms with Gasteiger partial charge in [0.05, 0.1) is 24.2 Å². The van der Waals surface area contributed by atoms with Gasteiger partial charge in [0.25, 0.3) is 0 Å². The molecule has 0 aliphatic heterocycles. The van der Waals surface area contributed by atoms with Crippen molar-refractivity contribution in [3.05, 3.63) is 78.0 Å². The predicted molar refractivity (Wildman–Crippen MR) is 115 cm³/mol. The van der Waals surface area contributed by atoms with Gasteiger partial charge in [-0.2, -0.15) is 0 Å². The quantitative estimate of drug-likeness (QED) is 0.457. The molecule has 4 rings (SSSR count). The smallest absolute Gasteiger partial charge is 0.230 e. The molecule has 0 aliphatic carbocycles. The number of thioether (sulfide) groups is 1. The maximum absolute atomic E-state index is 12.3. The summed E-state index contributed by atoms with van der Waals surface area (Å²) in [6, 6.07) is 13.7. The summed E-state index contributed by atoms with van der Waals surface area (Å²) < 4.78 is 7.22. The van der Waals surface area contributed by atoms with Gasteiger partial charge >= 0.3 is 0 Å². The van der Waals surface area contributed by atoms with Crippen molar-refractivity contribution in [1.82, 2.24) is 25.1 Å². The van der Waals surface area contributed by atoms with E-state index < -0.39 is 0 Å². The second kappa shape index (κ2) is 8.96. The largest absolute Gasteiger partial charge is 0.467 e. The first-order chi connectivity index (χ1) is 14.6. The maximum Gasteiger partial charge on any atom is 0.230 e. The molecule has 1 aromatic carbocycles. The van der Waals surface area contributed by atoms with Gasteiger partial charge in [-0.05, 0) is 61.4 Å². The van der Waals surface area contributed by atoms with Crippen molar-refractivity contribution in [2.24, 2.45) is 0 Å². The van der Waals surface area contributed by atoms with Crippen LogP contribution in [0.2, 0.25) is 0 Å². The Hall–Kier alpha value is -3.39. The lowest BCUT2D eigenvalue weighted by molar-refractivity contribution is -0.118. The van der Waals surface area contributed by atoms with Crippen LogP contribution < -0.4 is 5.32 Å². The SMILES string of the molecule is Cc1cc(C)cc(-n2c(SCC(=O)NCc3ccco3)nnc2-c2cccnc2)c1. The van der Waals surface area contributed by atoms with Crippen molar-refractivity contribution >= 4 is 17.7 Å². The summed E-state index contributed by atoms with van der Waals surface area (Å²) in [5, 5.41) is 12.2. The molecule has 8 heteroatoms. The number of benzene rings is 1. The van der Waals surface area contributed by atoms with E-state index in [9.17, 15) is 4.79 Å². The Balaban J connectivity index is 1.59. The number of carbonyl (C=O) groups is 1. The van der Waals surface area contributed by atoms with E-state index in [2.05, 4.69) is 52.5 Å². The highest BCUT2D eigenvalue weighted by Crippen LogP contribution is 2.28.